The van der Waals surface area contributed by atoms with E-state index in [0.29, 0.717) is 37.8 Å². The normalized spacial score (nSPS) is 21.4. The standard InChI is InChI=1S/C13H17F3N2O2/c14-13(15,16)12-4-7-18(8-12)6-3-11(9-19)2-1-5-17-10-20/h1-2,5,9-10,12H,3-4,6-8H2,(H,17,20)/b5-1-,11-2+. The summed E-state index contributed by atoms with van der Waals surface area (Å²) >= 11 is 0. The minimum atomic E-state index is -4.14. The Morgan fingerprint density at radius 2 is 2.10 bits per heavy atom. The van der Waals surface area contributed by atoms with Crippen LogP contribution in [0.4, 0.5) is 13.2 Å². The van der Waals surface area contributed by atoms with Gasteiger partial charge in [-0.2, -0.15) is 13.2 Å². The lowest BCUT2D eigenvalue weighted by Crippen LogP contribution is -2.28. The van der Waals surface area contributed by atoms with Crippen LogP contribution in [0.25, 0.3) is 0 Å². The van der Waals surface area contributed by atoms with Crippen LogP contribution < -0.4 is 5.32 Å². The van der Waals surface area contributed by atoms with Crippen LogP contribution in [0, 0.1) is 5.92 Å². The first kappa shape index (κ1) is 16.4. The molecule has 112 valence electrons. The number of aldehydes is 1. The average Bonchev–Trinajstić information content (AvgIpc) is 2.87. The van der Waals surface area contributed by atoms with Gasteiger partial charge in [0.2, 0.25) is 6.41 Å². The monoisotopic (exact) mass is 290 g/mol. The summed E-state index contributed by atoms with van der Waals surface area (Å²) in [6.07, 6.45) is 1.93. The zero-order chi connectivity index (χ0) is 15.0. The third-order valence-electron chi connectivity index (χ3n) is 3.17. The summed E-state index contributed by atoms with van der Waals surface area (Å²) < 4.78 is 37.5. The third-order valence-corrected chi connectivity index (χ3v) is 3.17. The van der Waals surface area contributed by atoms with Gasteiger partial charge in [-0.1, -0.05) is 6.08 Å². The Labute approximate surface area is 115 Å². The second-order valence-corrected chi connectivity index (χ2v) is 4.58. The number of allylic oxidation sites excluding steroid dienone is 2. The zero-order valence-corrected chi connectivity index (χ0v) is 10.9. The van der Waals surface area contributed by atoms with Crippen LogP contribution in [0.2, 0.25) is 0 Å². The van der Waals surface area contributed by atoms with Gasteiger partial charge in [-0.15, -0.1) is 0 Å². The number of carbonyl (C=O) groups excluding carboxylic acids is 2. The van der Waals surface area contributed by atoms with Crippen molar-refractivity contribution in [3.63, 3.8) is 0 Å². The van der Waals surface area contributed by atoms with Crippen molar-refractivity contribution < 1.29 is 22.8 Å². The van der Waals surface area contributed by atoms with Gasteiger partial charge in [-0.05, 0) is 31.0 Å². The molecule has 1 amide bonds. The van der Waals surface area contributed by atoms with E-state index < -0.39 is 12.1 Å². The molecule has 1 rings (SSSR count). The summed E-state index contributed by atoms with van der Waals surface area (Å²) in [5.74, 6) is -1.26. The van der Waals surface area contributed by atoms with E-state index in [-0.39, 0.29) is 13.0 Å². The molecule has 0 saturated carbocycles. The van der Waals surface area contributed by atoms with E-state index in [1.165, 1.54) is 18.4 Å². The van der Waals surface area contributed by atoms with E-state index in [0.717, 1.165) is 0 Å². The van der Waals surface area contributed by atoms with Gasteiger partial charge >= 0.3 is 6.18 Å². The van der Waals surface area contributed by atoms with Crippen LogP contribution in [0.15, 0.2) is 23.9 Å². The predicted octanol–water partition coefficient (Wildman–Crippen LogP) is 1.65. The van der Waals surface area contributed by atoms with E-state index in [1.807, 2.05) is 0 Å². The largest absolute Gasteiger partial charge is 0.393 e. The number of carbonyl (C=O) groups is 2. The Morgan fingerprint density at radius 3 is 2.65 bits per heavy atom. The van der Waals surface area contributed by atoms with Gasteiger partial charge in [0.1, 0.15) is 6.29 Å². The number of amides is 1. The number of alkyl halides is 3. The maximum Gasteiger partial charge on any atom is 0.393 e. The third kappa shape index (κ3) is 5.56. The predicted molar refractivity (Wildman–Crippen MR) is 67.7 cm³/mol. The minimum Gasteiger partial charge on any atom is -0.335 e. The molecule has 7 heteroatoms. The molecule has 0 aromatic rings. The van der Waals surface area contributed by atoms with Gasteiger partial charge in [0, 0.05) is 19.3 Å². The Bertz CT molecular complexity index is 392. The summed E-state index contributed by atoms with van der Waals surface area (Å²) in [6.45, 7) is 0.823. The van der Waals surface area contributed by atoms with Crippen LogP contribution in [0.5, 0.6) is 0 Å². The Kier molecular flexibility index (Phi) is 6.44. The summed E-state index contributed by atoms with van der Waals surface area (Å²) in [6, 6.07) is 0. The molecule has 1 heterocycles. The number of hydrogen-bond donors (Lipinski definition) is 1. The fourth-order valence-corrected chi connectivity index (χ4v) is 2.04. The molecule has 1 unspecified atom stereocenters. The van der Waals surface area contributed by atoms with Crippen molar-refractivity contribution in [2.75, 3.05) is 19.6 Å². The van der Waals surface area contributed by atoms with Crippen LogP contribution in [-0.4, -0.2) is 43.4 Å². The van der Waals surface area contributed by atoms with E-state index in [4.69, 9.17) is 0 Å². The van der Waals surface area contributed by atoms with E-state index >= 15 is 0 Å². The SMILES string of the molecule is O=CN/C=C\C=C(\C=O)CCN1CCC(C(F)(F)F)C1. The van der Waals surface area contributed by atoms with Crippen molar-refractivity contribution in [3.8, 4) is 0 Å². The van der Waals surface area contributed by atoms with Crippen LogP contribution in [0.1, 0.15) is 12.8 Å². The van der Waals surface area contributed by atoms with Crippen molar-refractivity contribution in [1.29, 1.82) is 0 Å². The van der Waals surface area contributed by atoms with Crippen molar-refractivity contribution in [2.45, 2.75) is 19.0 Å². The Morgan fingerprint density at radius 1 is 1.35 bits per heavy atom. The van der Waals surface area contributed by atoms with Gasteiger partial charge in [0.25, 0.3) is 0 Å². The minimum absolute atomic E-state index is 0.00181. The van der Waals surface area contributed by atoms with E-state index in [9.17, 15) is 22.8 Å². The first-order valence-corrected chi connectivity index (χ1v) is 6.27. The number of likely N-dealkylation sites (tertiary alicyclic amines) is 1. The lowest BCUT2D eigenvalue weighted by atomic mass is 10.1. The molecule has 1 aliphatic rings. The van der Waals surface area contributed by atoms with Gasteiger partial charge in [-0.3, -0.25) is 9.59 Å². The zero-order valence-electron chi connectivity index (χ0n) is 10.9. The molecular formula is C13H17F3N2O2. The molecule has 20 heavy (non-hydrogen) atoms. The fourth-order valence-electron chi connectivity index (χ4n) is 2.04. The van der Waals surface area contributed by atoms with Gasteiger partial charge in [0.15, 0.2) is 0 Å². The van der Waals surface area contributed by atoms with Crippen LogP contribution in [0.3, 0.4) is 0 Å². The molecule has 0 aliphatic carbocycles. The van der Waals surface area contributed by atoms with Crippen LogP contribution in [-0.2, 0) is 9.59 Å². The number of rotatable bonds is 7. The lowest BCUT2D eigenvalue weighted by molar-refractivity contribution is -0.170. The van der Waals surface area contributed by atoms with Crippen molar-refractivity contribution in [2.24, 2.45) is 5.92 Å². The van der Waals surface area contributed by atoms with Crippen LogP contribution >= 0.6 is 0 Å². The Balaban J connectivity index is 2.39. The second-order valence-electron chi connectivity index (χ2n) is 4.58. The molecule has 4 nitrogen and oxygen atoms in total. The van der Waals surface area contributed by atoms with Crippen molar-refractivity contribution in [3.05, 3.63) is 23.9 Å². The van der Waals surface area contributed by atoms with E-state index in [1.54, 1.807) is 4.90 Å². The molecule has 1 atom stereocenters. The lowest BCUT2D eigenvalue weighted by Gasteiger charge is -2.17. The maximum absolute atomic E-state index is 12.5. The maximum atomic E-state index is 12.5. The summed E-state index contributed by atoms with van der Waals surface area (Å²) in [7, 11) is 0. The summed E-state index contributed by atoms with van der Waals surface area (Å²) in [5, 5.41) is 2.29. The van der Waals surface area contributed by atoms with Gasteiger partial charge < -0.3 is 10.2 Å². The summed E-state index contributed by atoms with van der Waals surface area (Å²) in [4.78, 5) is 22.5. The molecular weight excluding hydrogens is 273 g/mol. The van der Waals surface area contributed by atoms with Gasteiger partial charge in [0.05, 0.1) is 5.92 Å². The molecule has 1 fully saturated rings. The molecule has 1 saturated heterocycles. The fraction of sp³-hybridized carbons (Fsp3) is 0.538. The molecule has 0 radical (unpaired) electrons. The highest BCUT2D eigenvalue weighted by Crippen LogP contribution is 2.33. The average molecular weight is 290 g/mol. The molecule has 0 aromatic carbocycles. The highest BCUT2D eigenvalue weighted by molar-refractivity contribution is 5.73. The molecule has 0 bridgehead atoms. The highest BCUT2D eigenvalue weighted by Gasteiger charge is 2.43. The number of hydrogen-bond acceptors (Lipinski definition) is 3. The summed E-state index contributed by atoms with van der Waals surface area (Å²) in [5.41, 5.74) is 0.476. The van der Waals surface area contributed by atoms with Crippen molar-refractivity contribution >= 4 is 12.7 Å². The molecule has 0 spiro atoms. The first-order valence-electron chi connectivity index (χ1n) is 6.27. The van der Waals surface area contributed by atoms with Crippen molar-refractivity contribution in [1.82, 2.24) is 10.2 Å². The highest BCUT2D eigenvalue weighted by atomic mass is 19.4. The quantitative estimate of drug-likeness (QED) is 0.440. The molecule has 0 aromatic heterocycles. The molecule has 1 aliphatic heterocycles. The topological polar surface area (TPSA) is 49.4 Å². The number of nitrogens with zero attached hydrogens (tertiary/aromatic N) is 1. The first-order chi connectivity index (χ1) is 9.47. The number of nitrogens with one attached hydrogen (secondary N) is 1. The van der Waals surface area contributed by atoms with Gasteiger partial charge in [-0.25, -0.2) is 0 Å². The number of halogens is 3. The molecule has 1 N–H and O–H groups in total. The smallest absolute Gasteiger partial charge is 0.335 e. The second kappa shape index (κ2) is 7.84. The Hall–Kier alpha value is -1.63. The van der Waals surface area contributed by atoms with E-state index in [2.05, 4.69) is 5.32 Å².